The van der Waals surface area contributed by atoms with Crippen LogP contribution in [0.15, 0.2) is 12.1 Å². The molecule has 1 aromatic heterocycles. The first kappa shape index (κ1) is 11.0. The van der Waals surface area contributed by atoms with Crippen LogP contribution in [0.3, 0.4) is 0 Å². The van der Waals surface area contributed by atoms with Crippen molar-refractivity contribution >= 4 is 5.82 Å². The van der Waals surface area contributed by atoms with Crippen molar-refractivity contribution < 1.29 is 0 Å². The van der Waals surface area contributed by atoms with Crippen LogP contribution in [-0.4, -0.2) is 18.1 Å². The first-order chi connectivity index (χ1) is 8.28. The van der Waals surface area contributed by atoms with Crippen molar-refractivity contribution in [2.45, 2.75) is 32.7 Å². The summed E-state index contributed by atoms with van der Waals surface area (Å²) in [5.74, 6) is 2.95. The van der Waals surface area contributed by atoms with Crippen molar-refractivity contribution in [2.24, 2.45) is 17.6 Å². The quantitative estimate of drug-likeness (QED) is 0.847. The summed E-state index contributed by atoms with van der Waals surface area (Å²) in [6.45, 7) is 5.03. The monoisotopic (exact) mass is 231 g/mol. The number of nitrogens with two attached hydrogens (primary N) is 1. The van der Waals surface area contributed by atoms with E-state index in [4.69, 9.17) is 10.7 Å². The highest BCUT2D eigenvalue weighted by Crippen LogP contribution is 2.39. The van der Waals surface area contributed by atoms with E-state index in [1.54, 1.807) is 0 Å². The van der Waals surface area contributed by atoms with Gasteiger partial charge in [0.05, 0.1) is 0 Å². The van der Waals surface area contributed by atoms with Gasteiger partial charge in [-0.3, -0.25) is 0 Å². The standard InChI is InChI=1S/C14H21N3/c1-10-5-6-11(7-15)14(16-10)17-8-12-3-2-4-13(12)9-17/h5-6,12-13H,2-4,7-9,15H2,1H3. The molecule has 0 bridgehead atoms. The molecule has 2 unspecified atom stereocenters. The Kier molecular flexibility index (Phi) is 2.79. The van der Waals surface area contributed by atoms with Crippen LogP contribution in [0.2, 0.25) is 0 Å². The highest BCUT2D eigenvalue weighted by Gasteiger charge is 2.37. The predicted molar refractivity (Wildman–Crippen MR) is 69.9 cm³/mol. The van der Waals surface area contributed by atoms with Gasteiger partial charge in [-0.05, 0) is 37.7 Å². The zero-order valence-corrected chi connectivity index (χ0v) is 10.5. The summed E-state index contributed by atoms with van der Waals surface area (Å²) < 4.78 is 0. The maximum Gasteiger partial charge on any atom is 0.133 e. The lowest BCUT2D eigenvalue weighted by molar-refractivity contribution is 0.494. The molecule has 17 heavy (non-hydrogen) atoms. The lowest BCUT2D eigenvalue weighted by Gasteiger charge is -2.21. The van der Waals surface area contributed by atoms with Crippen molar-refractivity contribution in [3.05, 3.63) is 23.4 Å². The van der Waals surface area contributed by atoms with Gasteiger partial charge >= 0.3 is 0 Å². The Labute approximate surface area is 103 Å². The number of nitrogens with zero attached hydrogens (tertiary/aromatic N) is 2. The Morgan fingerprint density at radius 2 is 2.00 bits per heavy atom. The molecule has 2 atom stereocenters. The molecule has 2 aliphatic rings. The Balaban J connectivity index is 1.87. The van der Waals surface area contributed by atoms with Crippen LogP contribution in [0, 0.1) is 18.8 Å². The molecule has 0 aromatic carbocycles. The van der Waals surface area contributed by atoms with Gasteiger partial charge in [-0.15, -0.1) is 0 Å². The van der Waals surface area contributed by atoms with E-state index in [0.717, 1.165) is 23.3 Å². The Morgan fingerprint density at radius 1 is 1.29 bits per heavy atom. The average molecular weight is 231 g/mol. The van der Waals surface area contributed by atoms with Gasteiger partial charge in [-0.25, -0.2) is 4.98 Å². The van der Waals surface area contributed by atoms with Gasteiger partial charge in [-0.1, -0.05) is 12.5 Å². The zero-order chi connectivity index (χ0) is 11.8. The molecule has 2 fully saturated rings. The van der Waals surface area contributed by atoms with Gasteiger partial charge in [0.2, 0.25) is 0 Å². The first-order valence-electron chi connectivity index (χ1n) is 6.69. The van der Waals surface area contributed by atoms with E-state index in [1.807, 2.05) is 0 Å². The number of pyridine rings is 1. The molecular weight excluding hydrogens is 210 g/mol. The van der Waals surface area contributed by atoms with Gasteiger partial charge < -0.3 is 10.6 Å². The third-order valence-corrected chi connectivity index (χ3v) is 4.34. The van der Waals surface area contributed by atoms with Crippen molar-refractivity contribution in [3.8, 4) is 0 Å². The van der Waals surface area contributed by atoms with E-state index in [-0.39, 0.29) is 0 Å². The average Bonchev–Trinajstić information content (AvgIpc) is 2.88. The molecule has 3 heteroatoms. The van der Waals surface area contributed by atoms with Crippen LogP contribution in [0.4, 0.5) is 5.82 Å². The SMILES string of the molecule is Cc1ccc(CN)c(N2CC3CCCC3C2)n1. The third-order valence-electron chi connectivity index (χ3n) is 4.34. The highest BCUT2D eigenvalue weighted by molar-refractivity contribution is 5.49. The number of hydrogen-bond donors (Lipinski definition) is 1. The fraction of sp³-hybridized carbons (Fsp3) is 0.643. The molecule has 1 saturated carbocycles. The summed E-state index contributed by atoms with van der Waals surface area (Å²) in [6, 6.07) is 4.19. The third kappa shape index (κ3) is 1.93. The van der Waals surface area contributed by atoms with Gasteiger partial charge in [-0.2, -0.15) is 0 Å². The van der Waals surface area contributed by atoms with Gasteiger partial charge in [0.15, 0.2) is 0 Å². The molecule has 0 amide bonds. The Bertz CT molecular complexity index is 404. The molecule has 1 saturated heterocycles. The highest BCUT2D eigenvalue weighted by atomic mass is 15.2. The molecule has 1 aromatic rings. The molecule has 3 rings (SSSR count). The maximum atomic E-state index is 5.82. The van der Waals surface area contributed by atoms with Crippen LogP contribution in [0.5, 0.6) is 0 Å². The fourth-order valence-corrected chi connectivity index (χ4v) is 3.41. The number of rotatable bonds is 2. The van der Waals surface area contributed by atoms with Gasteiger partial charge in [0.25, 0.3) is 0 Å². The van der Waals surface area contributed by atoms with Crippen LogP contribution < -0.4 is 10.6 Å². The topological polar surface area (TPSA) is 42.1 Å². The summed E-state index contributed by atoms with van der Waals surface area (Å²) in [5, 5.41) is 0. The molecule has 1 aliphatic heterocycles. The Hall–Kier alpha value is -1.09. The minimum Gasteiger partial charge on any atom is -0.356 e. The molecule has 1 aliphatic carbocycles. The minimum atomic E-state index is 0.592. The molecule has 92 valence electrons. The second-order valence-electron chi connectivity index (χ2n) is 5.50. The molecule has 0 radical (unpaired) electrons. The summed E-state index contributed by atoms with van der Waals surface area (Å²) in [7, 11) is 0. The van der Waals surface area contributed by atoms with E-state index < -0.39 is 0 Å². The minimum absolute atomic E-state index is 0.592. The van der Waals surface area contributed by atoms with E-state index >= 15 is 0 Å². The number of aromatic nitrogens is 1. The number of anilines is 1. The van der Waals surface area contributed by atoms with Crippen molar-refractivity contribution in [3.63, 3.8) is 0 Å². The van der Waals surface area contributed by atoms with E-state index in [0.29, 0.717) is 6.54 Å². The zero-order valence-electron chi connectivity index (χ0n) is 10.5. The fourth-order valence-electron chi connectivity index (χ4n) is 3.41. The van der Waals surface area contributed by atoms with Crippen LogP contribution in [-0.2, 0) is 6.54 Å². The first-order valence-corrected chi connectivity index (χ1v) is 6.69. The van der Waals surface area contributed by atoms with Crippen LogP contribution in [0.25, 0.3) is 0 Å². The number of aryl methyl sites for hydroxylation is 1. The molecule has 2 heterocycles. The lowest BCUT2D eigenvalue weighted by Crippen LogP contribution is -2.24. The van der Waals surface area contributed by atoms with E-state index in [9.17, 15) is 0 Å². The van der Waals surface area contributed by atoms with E-state index in [1.165, 1.54) is 37.9 Å². The Morgan fingerprint density at radius 3 is 2.65 bits per heavy atom. The smallest absolute Gasteiger partial charge is 0.133 e. The summed E-state index contributed by atoms with van der Waals surface area (Å²) >= 11 is 0. The number of hydrogen-bond acceptors (Lipinski definition) is 3. The van der Waals surface area contributed by atoms with Crippen molar-refractivity contribution in [2.75, 3.05) is 18.0 Å². The normalized spacial score (nSPS) is 27.5. The van der Waals surface area contributed by atoms with Crippen molar-refractivity contribution in [1.82, 2.24) is 4.98 Å². The predicted octanol–water partition coefficient (Wildman–Crippen LogP) is 2.09. The largest absolute Gasteiger partial charge is 0.356 e. The molecule has 3 nitrogen and oxygen atoms in total. The van der Waals surface area contributed by atoms with Crippen LogP contribution >= 0.6 is 0 Å². The summed E-state index contributed by atoms with van der Waals surface area (Å²) in [5.41, 5.74) is 8.10. The number of fused-ring (bicyclic) bond motifs is 1. The molecule has 2 N–H and O–H groups in total. The van der Waals surface area contributed by atoms with Gasteiger partial charge in [0.1, 0.15) is 5.82 Å². The van der Waals surface area contributed by atoms with E-state index in [2.05, 4.69) is 24.0 Å². The summed E-state index contributed by atoms with van der Waals surface area (Å²) in [4.78, 5) is 7.16. The molecule has 0 spiro atoms. The maximum absolute atomic E-state index is 5.82. The molecular formula is C14H21N3. The lowest BCUT2D eigenvalue weighted by atomic mass is 10.0. The second kappa shape index (κ2) is 4.30. The summed E-state index contributed by atoms with van der Waals surface area (Å²) in [6.07, 6.45) is 4.24. The second-order valence-corrected chi connectivity index (χ2v) is 5.50. The van der Waals surface area contributed by atoms with Gasteiger partial charge in [0, 0.05) is 30.9 Å². The van der Waals surface area contributed by atoms with Crippen molar-refractivity contribution in [1.29, 1.82) is 0 Å². The van der Waals surface area contributed by atoms with Crippen LogP contribution in [0.1, 0.15) is 30.5 Å².